The molecule has 1 aromatic heterocycles. The SMILES string of the molecule is Brc1[nH]c2c(c1Br)CNCC2. The molecule has 1 aliphatic heterocycles. The number of rotatable bonds is 0. The Labute approximate surface area is 82.0 Å². The summed E-state index contributed by atoms with van der Waals surface area (Å²) in [6, 6.07) is 0. The van der Waals surface area contributed by atoms with Crippen molar-refractivity contribution < 1.29 is 0 Å². The molecule has 0 aromatic carbocycles. The molecule has 1 aromatic rings. The quantitative estimate of drug-likeness (QED) is 0.749. The van der Waals surface area contributed by atoms with E-state index in [0.29, 0.717) is 0 Å². The molecule has 2 heterocycles. The van der Waals surface area contributed by atoms with E-state index in [1.807, 2.05) is 0 Å². The highest BCUT2D eigenvalue weighted by Crippen LogP contribution is 2.30. The standard InChI is InChI=1S/C7H8Br2N2/c8-6-4-3-10-2-1-5(4)11-7(6)9/h10-11H,1-3H2. The normalized spacial score (nSPS) is 16.5. The fourth-order valence-corrected chi connectivity index (χ4v) is 2.31. The van der Waals surface area contributed by atoms with E-state index < -0.39 is 0 Å². The fourth-order valence-electron chi connectivity index (χ4n) is 1.35. The number of H-pyrrole nitrogens is 1. The van der Waals surface area contributed by atoms with Crippen LogP contribution in [0.15, 0.2) is 9.08 Å². The predicted molar refractivity (Wildman–Crippen MR) is 51.6 cm³/mol. The van der Waals surface area contributed by atoms with Gasteiger partial charge in [0.05, 0.1) is 9.08 Å². The highest BCUT2D eigenvalue weighted by molar-refractivity contribution is 9.13. The molecule has 0 saturated carbocycles. The van der Waals surface area contributed by atoms with E-state index in [4.69, 9.17) is 0 Å². The van der Waals surface area contributed by atoms with Crippen LogP contribution >= 0.6 is 31.9 Å². The molecule has 0 bridgehead atoms. The lowest BCUT2D eigenvalue weighted by atomic mass is 10.1. The minimum Gasteiger partial charge on any atom is -0.352 e. The first-order valence-corrected chi connectivity index (χ1v) is 5.13. The molecule has 0 amide bonds. The summed E-state index contributed by atoms with van der Waals surface area (Å²) in [4.78, 5) is 3.29. The van der Waals surface area contributed by atoms with Crippen molar-refractivity contribution in [1.29, 1.82) is 0 Å². The Morgan fingerprint density at radius 3 is 2.82 bits per heavy atom. The molecule has 11 heavy (non-hydrogen) atoms. The molecule has 0 fully saturated rings. The second-order valence-electron chi connectivity index (χ2n) is 2.64. The van der Waals surface area contributed by atoms with Crippen molar-refractivity contribution in [2.75, 3.05) is 6.54 Å². The van der Waals surface area contributed by atoms with E-state index in [9.17, 15) is 0 Å². The third kappa shape index (κ3) is 1.27. The summed E-state index contributed by atoms with van der Waals surface area (Å²) in [5.74, 6) is 0. The summed E-state index contributed by atoms with van der Waals surface area (Å²) in [7, 11) is 0. The number of hydrogen-bond donors (Lipinski definition) is 2. The third-order valence-corrected chi connectivity index (χ3v) is 3.94. The van der Waals surface area contributed by atoms with E-state index in [-0.39, 0.29) is 0 Å². The van der Waals surface area contributed by atoms with Crippen LogP contribution in [-0.4, -0.2) is 11.5 Å². The van der Waals surface area contributed by atoms with Crippen LogP contribution in [0.25, 0.3) is 0 Å². The van der Waals surface area contributed by atoms with E-state index in [1.54, 1.807) is 0 Å². The van der Waals surface area contributed by atoms with Crippen LogP contribution in [0.3, 0.4) is 0 Å². The number of halogens is 2. The minimum atomic E-state index is 0.970. The fraction of sp³-hybridized carbons (Fsp3) is 0.429. The summed E-state index contributed by atoms with van der Waals surface area (Å²) in [6.45, 7) is 2.05. The smallest absolute Gasteiger partial charge is 0.0969 e. The maximum atomic E-state index is 3.52. The zero-order valence-electron chi connectivity index (χ0n) is 5.88. The van der Waals surface area contributed by atoms with Gasteiger partial charge >= 0.3 is 0 Å². The van der Waals surface area contributed by atoms with Gasteiger partial charge in [-0.25, -0.2) is 0 Å². The van der Waals surface area contributed by atoms with Crippen molar-refractivity contribution in [2.24, 2.45) is 0 Å². The van der Waals surface area contributed by atoms with Gasteiger partial charge in [0, 0.05) is 30.8 Å². The summed E-state index contributed by atoms with van der Waals surface area (Å²) in [6.07, 6.45) is 1.10. The van der Waals surface area contributed by atoms with Crippen molar-refractivity contribution in [3.8, 4) is 0 Å². The maximum absolute atomic E-state index is 3.52. The lowest BCUT2D eigenvalue weighted by Gasteiger charge is -2.12. The van der Waals surface area contributed by atoms with Gasteiger partial charge in [-0.1, -0.05) is 0 Å². The van der Waals surface area contributed by atoms with Crippen LogP contribution in [0.2, 0.25) is 0 Å². The molecule has 0 unspecified atom stereocenters. The second-order valence-corrected chi connectivity index (χ2v) is 4.22. The van der Waals surface area contributed by atoms with Crippen molar-refractivity contribution in [1.82, 2.24) is 10.3 Å². The van der Waals surface area contributed by atoms with Gasteiger partial charge in [-0.15, -0.1) is 0 Å². The van der Waals surface area contributed by atoms with Gasteiger partial charge in [-0.05, 0) is 31.9 Å². The van der Waals surface area contributed by atoms with E-state index in [0.717, 1.165) is 24.1 Å². The van der Waals surface area contributed by atoms with E-state index in [2.05, 4.69) is 42.2 Å². The number of aromatic nitrogens is 1. The lowest BCUT2D eigenvalue weighted by molar-refractivity contribution is 0.636. The number of hydrogen-bond acceptors (Lipinski definition) is 1. The van der Waals surface area contributed by atoms with Gasteiger partial charge in [0.1, 0.15) is 0 Å². The van der Waals surface area contributed by atoms with Crippen molar-refractivity contribution in [2.45, 2.75) is 13.0 Å². The average Bonchev–Trinajstić information content (AvgIpc) is 2.30. The summed E-state index contributed by atoms with van der Waals surface area (Å²) >= 11 is 6.96. The summed E-state index contributed by atoms with van der Waals surface area (Å²) in [5, 5.41) is 3.32. The molecule has 0 spiro atoms. The first-order chi connectivity index (χ1) is 5.29. The summed E-state index contributed by atoms with van der Waals surface area (Å²) < 4.78 is 2.23. The molecule has 60 valence electrons. The Morgan fingerprint density at radius 2 is 2.09 bits per heavy atom. The molecule has 0 saturated heterocycles. The van der Waals surface area contributed by atoms with Crippen molar-refractivity contribution >= 4 is 31.9 Å². The largest absolute Gasteiger partial charge is 0.352 e. The van der Waals surface area contributed by atoms with Crippen LogP contribution in [-0.2, 0) is 13.0 Å². The van der Waals surface area contributed by atoms with Crippen LogP contribution in [0.5, 0.6) is 0 Å². The zero-order valence-corrected chi connectivity index (χ0v) is 9.05. The van der Waals surface area contributed by atoms with Gasteiger partial charge in [-0.2, -0.15) is 0 Å². The van der Waals surface area contributed by atoms with Gasteiger partial charge < -0.3 is 10.3 Å². The summed E-state index contributed by atoms with van der Waals surface area (Å²) in [5.41, 5.74) is 2.71. The van der Waals surface area contributed by atoms with Gasteiger partial charge in [-0.3, -0.25) is 0 Å². The van der Waals surface area contributed by atoms with Crippen molar-refractivity contribution in [3.05, 3.63) is 20.3 Å². The Balaban J connectivity index is 2.50. The molecular formula is C7H8Br2N2. The van der Waals surface area contributed by atoms with Crippen LogP contribution in [0, 0.1) is 0 Å². The van der Waals surface area contributed by atoms with Gasteiger partial charge in [0.15, 0.2) is 0 Å². The average molecular weight is 280 g/mol. The lowest BCUT2D eigenvalue weighted by Crippen LogP contribution is -2.23. The molecule has 0 radical (unpaired) electrons. The zero-order chi connectivity index (χ0) is 7.84. The Hall–Kier alpha value is 0.200. The molecule has 0 atom stereocenters. The first-order valence-electron chi connectivity index (χ1n) is 3.54. The molecule has 2 nitrogen and oxygen atoms in total. The number of fused-ring (bicyclic) bond motifs is 1. The first kappa shape index (κ1) is 7.83. The van der Waals surface area contributed by atoms with E-state index >= 15 is 0 Å². The second kappa shape index (κ2) is 2.92. The molecular weight excluding hydrogens is 272 g/mol. The van der Waals surface area contributed by atoms with Crippen molar-refractivity contribution in [3.63, 3.8) is 0 Å². The Morgan fingerprint density at radius 1 is 1.27 bits per heavy atom. The van der Waals surface area contributed by atoms with Crippen LogP contribution in [0.4, 0.5) is 0 Å². The molecule has 2 rings (SSSR count). The molecule has 2 N–H and O–H groups in total. The van der Waals surface area contributed by atoms with E-state index in [1.165, 1.54) is 15.7 Å². The number of nitrogens with one attached hydrogen (secondary N) is 2. The highest BCUT2D eigenvalue weighted by Gasteiger charge is 2.16. The van der Waals surface area contributed by atoms with Gasteiger partial charge in [0.2, 0.25) is 0 Å². The maximum Gasteiger partial charge on any atom is 0.0969 e. The molecule has 4 heteroatoms. The third-order valence-electron chi connectivity index (χ3n) is 1.94. The Bertz CT molecular complexity index is 280. The number of aromatic amines is 1. The van der Waals surface area contributed by atoms with Crippen LogP contribution < -0.4 is 5.32 Å². The van der Waals surface area contributed by atoms with Crippen LogP contribution in [0.1, 0.15) is 11.3 Å². The minimum absolute atomic E-state index is 0.970. The van der Waals surface area contributed by atoms with Gasteiger partial charge in [0.25, 0.3) is 0 Å². The monoisotopic (exact) mass is 278 g/mol. The topological polar surface area (TPSA) is 27.8 Å². The molecule has 0 aliphatic carbocycles. The Kier molecular flexibility index (Phi) is 2.08. The highest BCUT2D eigenvalue weighted by atomic mass is 79.9. The predicted octanol–water partition coefficient (Wildman–Crippen LogP) is 2.19. The molecule has 1 aliphatic rings.